The number of allylic oxidation sites excluding steroid dienone is 2. The van der Waals surface area contributed by atoms with Gasteiger partial charge in [-0.3, -0.25) is 0 Å². The smallest absolute Gasteiger partial charge is 0.0470 e. The van der Waals surface area contributed by atoms with Crippen molar-refractivity contribution in [3.63, 3.8) is 0 Å². The van der Waals surface area contributed by atoms with Crippen LogP contribution in [0, 0.1) is 17.3 Å². The van der Waals surface area contributed by atoms with Crippen molar-refractivity contribution in [1.29, 1.82) is 0 Å². The van der Waals surface area contributed by atoms with Crippen molar-refractivity contribution in [3.8, 4) is 0 Å². The fourth-order valence-electron chi connectivity index (χ4n) is 1.83. The molecule has 0 aromatic heterocycles. The highest BCUT2D eigenvalue weighted by Crippen LogP contribution is 2.58. The van der Waals surface area contributed by atoms with Gasteiger partial charge in [0.15, 0.2) is 0 Å². The van der Waals surface area contributed by atoms with Gasteiger partial charge in [-0.2, -0.15) is 0 Å². The Kier molecular flexibility index (Phi) is 2.10. The van der Waals surface area contributed by atoms with Gasteiger partial charge in [0.25, 0.3) is 0 Å². The standard InChI is InChI=1S/C10H18O/c1-7(2)5-8-9(6-11)10(8,3)4/h5,8-9,11H,6H2,1-4H3/t8-,9+/m1/s1. The molecule has 1 nitrogen and oxygen atoms in total. The second kappa shape index (κ2) is 2.63. The maximum Gasteiger partial charge on any atom is 0.0470 e. The van der Waals surface area contributed by atoms with Crippen LogP contribution in [-0.4, -0.2) is 11.7 Å². The quantitative estimate of drug-likeness (QED) is 0.605. The molecule has 0 aromatic rings. The lowest BCUT2D eigenvalue weighted by atomic mass is 10.1. The lowest BCUT2D eigenvalue weighted by Crippen LogP contribution is -1.93. The van der Waals surface area contributed by atoms with Gasteiger partial charge in [-0.1, -0.05) is 25.5 Å². The number of hydrogen-bond acceptors (Lipinski definition) is 1. The van der Waals surface area contributed by atoms with Crippen molar-refractivity contribution in [3.05, 3.63) is 11.6 Å². The fraction of sp³-hybridized carbons (Fsp3) is 0.800. The topological polar surface area (TPSA) is 20.2 Å². The predicted molar refractivity (Wildman–Crippen MR) is 47.3 cm³/mol. The summed E-state index contributed by atoms with van der Waals surface area (Å²) in [6, 6.07) is 0. The van der Waals surface area contributed by atoms with Gasteiger partial charge in [-0.15, -0.1) is 0 Å². The molecule has 0 radical (unpaired) electrons. The van der Waals surface area contributed by atoms with Gasteiger partial charge in [0, 0.05) is 6.61 Å². The summed E-state index contributed by atoms with van der Waals surface area (Å²) < 4.78 is 0. The number of rotatable bonds is 2. The first-order chi connectivity index (χ1) is 5.00. The lowest BCUT2D eigenvalue weighted by molar-refractivity contribution is 0.256. The third-order valence-corrected chi connectivity index (χ3v) is 2.85. The summed E-state index contributed by atoms with van der Waals surface area (Å²) in [6.07, 6.45) is 2.28. The molecule has 2 atom stereocenters. The molecule has 1 fully saturated rings. The molecule has 11 heavy (non-hydrogen) atoms. The van der Waals surface area contributed by atoms with E-state index in [1.807, 2.05) is 0 Å². The Morgan fingerprint density at radius 2 is 2.00 bits per heavy atom. The summed E-state index contributed by atoms with van der Waals surface area (Å²) in [5, 5.41) is 9.00. The molecular formula is C10H18O. The molecule has 0 aromatic carbocycles. The maximum absolute atomic E-state index is 9.00. The summed E-state index contributed by atoms with van der Waals surface area (Å²) in [7, 11) is 0. The Hall–Kier alpha value is -0.300. The second-order valence-electron chi connectivity index (χ2n) is 4.38. The maximum atomic E-state index is 9.00. The van der Waals surface area contributed by atoms with Gasteiger partial charge in [-0.25, -0.2) is 0 Å². The van der Waals surface area contributed by atoms with Crippen LogP contribution < -0.4 is 0 Å². The molecule has 64 valence electrons. The largest absolute Gasteiger partial charge is 0.396 e. The first kappa shape index (κ1) is 8.79. The molecule has 1 aliphatic rings. The van der Waals surface area contributed by atoms with E-state index < -0.39 is 0 Å². The molecular weight excluding hydrogens is 136 g/mol. The van der Waals surface area contributed by atoms with E-state index >= 15 is 0 Å². The number of aliphatic hydroxyl groups excluding tert-OH is 1. The van der Waals surface area contributed by atoms with E-state index in [-0.39, 0.29) is 0 Å². The Morgan fingerprint density at radius 3 is 2.27 bits per heavy atom. The van der Waals surface area contributed by atoms with E-state index in [0.717, 1.165) is 0 Å². The highest BCUT2D eigenvalue weighted by molar-refractivity contribution is 5.16. The van der Waals surface area contributed by atoms with Crippen molar-refractivity contribution in [2.75, 3.05) is 6.61 Å². The minimum atomic E-state index is 0.335. The average Bonchev–Trinajstić information content (AvgIpc) is 2.33. The van der Waals surface area contributed by atoms with Gasteiger partial charge in [-0.05, 0) is 31.1 Å². The predicted octanol–water partition coefficient (Wildman–Crippen LogP) is 2.22. The van der Waals surface area contributed by atoms with Gasteiger partial charge in [0.2, 0.25) is 0 Å². The summed E-state index contributed by atoms with van der Waals surface area (Å²) in [5.74, 6) is 1.11. The van der Waals surface area contributed by atoms with Crippen LogP contribution in [0.5, 0.6) is 0 Å². The molecule has 0 spiro atoms. The molecule has 1 rings (SSSR count). The van der Waals surface area contributed by atoms with Crippen molar-refractivity contribution in [2.45, 2.75) is 27.7 Å². The Balaban J connectivity index is 2.59. The second-order valence-corrected chi connectivity index (χ2v) is 4.38. The molecule has 1 saturated carbocycles. The highest BCUT2D eigenvalue weighted by Gasteiger charge is 2.55. The van der Waals surface area contributed by atoms with Crippen molar-refractivity contribution in [1.82, 2.24) is 0 Å². The van der Waals surface area contributed by atoms with Crippen LogP contribution >= 0.6 is 0 Å². The SMILES string of the molecule is CC(C)=C[C@@H]1[C@H](CO)C1(C)C. The van der Waals surface area contributed by atoms with Gasteiger partial charge >= 0.3 is 0 Å². The van der Waals surface area contributed by atoms with Crippen LogP contribution in [0.4, 0.5) is 0 Å². The van der Waals surface area contributed by atoms with E-state index in [4.69, 9.17) is 5.11 Å². The van der Waals surface area contributed by atoms with E-state index in [9.17, 15) is 0 Å². The summed E-state index contributed by atoms with van der Waals surface area (Å²) >= 11 is 0. The monoisotopic (exact) mass is 154 g/mol. The average molecular weight is 154 g/mol. The zero-order chi connectivity index (χ0) is 8.65. The normalized spacial score (nSPS) is 33.2. The Bertz CT molecular complexity index is 175. The first-order valence-corrected chi connectivity index (χ1v) is 4.26. The van der Waals surface area contributed by atoms with Crippen molar-refractivity contribution >= 4 is 0 Å². The minimum absolute atomic E-state index is 0.335. The first-order valence-electron chi connectivity index (χ1n) is 4.26. The summed E-state index contributed by atoms with van der Waals surface area (Å²) in [5.41, 5.74) is 1.70. The summed E-state index contributed by atoms with van der Waals surface area (Å²) in [4.78, 5) is 0. The Morgan fingerprint density at radius 1 is 1.45 bits per heavy atom. The Labute approximate surface area is 69.1 Å². The molecule has 1 aliphatic carbocycles. The van der Waals surface area contributed by atoms with Crippen LogP contribution in [0.25, 0.3) is 0 Å². The van der Waals surface area contributed by atoms with Crippen LogP contribution in [0.2, 0.25) is 0 Å². The van der Waals surface area contributed by atoms with E-state index in [1.54, 1.807) is 0 Å². The van der Waals surface area contributed by atoms with Gasteiger partial charge in [0.05, 0.1) is 0 Å². The van der Waals surface area contributed by atoms with Crippen LogP contribution in [0.3, 0.4) is 0 Å². The molecule has 1 heteroatoms. The van der Waals surface area contributed by atoms with E-state index in [2.05, 4.69) is 33.8 Å². The molecule has 0 heterocycles. The fourth-order valence-corrected chi connectivity index (χ4v) is 1.83. The molecule has 0 aliphatic heterocycles. The zero-order valence-corrected chi connectivity index (χ0v) is 7.89. The third-order valence-electron chi connectivity index (χ3n) is 2.85. The number of aliphatic hydroxyl groups is 1. The van der Waals surface area contributed by atoms with Crippen molar-refractivity contribution in [2.24, 2.45) is 17.3 Å². The third kappa shape index (κ3) is 1.48. The van der Waals surface area contributed by atoms with E-state index in [1.165, 1.54) is 5.57 Å². The van der Waals surface area contributed by atoms with Crippen LogP contribution in [0.15, 0.2) is 11.6 Å². The van der Waals surface area contributed by atoms with Crippen molar-refractivity contribution < 1.29 is 5.11 Å². The lowest BCUT2D eigenvalue weighted by Gasteiger charge is -1.97. The highest BCUT2D eigenvalue weighted by atomic mass is 16.3. The summed E-state index contributed by atoms with van der Waals surface area (Å²) in [6.45, 7) is 9.00. The minimum Gasteiger partial charge on any atom is -0.396 e. The molecule has 1 N–H and O–H groups in total. The van der Waals surface area contributed by atoms with E-state index in [0.29, 0.717) is 23.9 Å². The molecule has 0 bridgehead atoms. The van der Waals surface area contributed by atoms with Crippen LogP contribution in [0.1, 0.15) is 27.7 Å². The molecule has 0 unspecified atom stereocenters. The molecule has 0 saturated heterocycles. The molecule has 0 amide bonds. The van der Waals surface area contributed by atoms with Crippen LogP contribution in [-0.2, 0) is 0 Å². The number of hydrogen-bond donors (Lipinski definition) is 1. The van der Waals surface area contributed by atoms with Gasteiger partial charge < -0.3 is 5.11 Å². The van der Waals surface area contributed by atoms with Gasteiger partial charge in [0.1, 0.15) is 0 Å². The zero-order valence-electron chi connectivity index (χ0n) is 7.89.